The minimum absolute atomic E-state index is 0.0469. The van der Waals surface area contributed by atoms with Crippen LogP contribution in [-0.2, 0) is 9.59 Å². The van der Waals surface area contributed by atoms with Gasteiger partial charge in [-0.2, -0.15) is 0 Å². The number of imide groups is 2. The first-order valence-electron chi connectivity index (χ1n) is 11.4. The molecule has 2 aliphatic heterocycles. The molecule has 0 aromatic heterocycles. The molecule has 4 amide bonds. The normalized spacial score (nSPS) is 21.3. The number of aryl methyl sites for hydroxylation is 2. The molecule has 6 nitrogen and oxygen atoms in total. The smallest absolute Gasteiger partial charge is 0.335 e. The SMILES string of the molecule is CCN1c2cc(C)c(/C=C3\C(=O)NC(=O)N(c4ccc(C)cc4)C3=O)cc2[C@H](C)CC1(C)C. The average molecular weight is 446 g/mol. The number of nitrogens with one attached hydrogen (secondary N) is 1. The molecule has 2 aromatic carbocycles. The van der Waals surface area contributed by atoms with Crippen LogP contribution in [0.1, 0.15) is 62.3 Å². The molecule has 0 radical (unpaired) electrons. The third kappa shape index (κ3) is 3.94. The lowest BCUT2D eigenvalue weighted by Crippen LogP contribution is -2.54. The Morgan fingerprint density at radius 3 is 2.39 bits per heavy atom. The highest BCUT2D eigenvalue weighted by Gasteiger charge is 2.38. The van der Waals surface area contributed by atoms with Crippen molar-refractivity contribution in [1.82, 2.24) is 5.32 Å². The van der Waals surface area contributed by atoms with Crippen molar-refractivity contribution in [1.29, 1.82) is 0 Å². The van der Waals surface area contributed by atoms with Gasteiger partial charge < -0.3 is 4.90 Å². The summed E-state index contributed by atoms with van der Waals surface area (Å²) in [5.74, 6) is -0.944. The summed E-state index contributed by atoms with van der Waals surface area (Å²) < 4.78 is 0. The van der Waals surface area contributed by atoms with Gasteiger partial charge in [0.25, 0.3) is 11.8 Å². The maximum absolute atomic E-state index is 13.3. The van der Waals surface area contributed by atoms with Gasteiger partial charge in [-0.1, -0.05) is 24.6 Å². The van der Waals surface area contributed by atoms with Crippen LogP contribution in [0.4, 0.5) is 16.2 Å². The molecule has 1 saturated heterocycles. The standard InChI is InChI=1S/C27H31N3O3/c1-7-29-23-12-17(3)19(13-21(23)18(4)15-27(29,5)6)14-22-24(31)28-26(33)30(25(22)32)20-10-8-16(2)9-11-20/h8-14,18H,7,15H2,1-6H3,(H,28,31,33)/b22-14+/t18-/m1/s1. The Bertz CT molecular complexity index is 1180. The fraction of sp³-hybridized carbons (Fsp3) is 0.370. The Balaban J connectivity index is 1.77. The van der Waals surface area contributed by atoms with Crippen LogP contribution in [0.15, 0.2) is 42.0 Å². The van der Waals surface area contributed by atoms with Gasteiger partial charge in [0, 0.05) is 17.8 Å². The van der Waals surface area contributed by atoms with E-state index in [1.807, 2.05) is 26.0 Å². The second kappa shape index (κ2) is 8.18. The molecule has 0 spiro atoms. The van der Waals surface area contributed by atoms with E-state index in [4.69, 9.17) is 0 Å². The minimum Gasteiger partial charge on any atom is -0.366 e. The number of nitrogens with zero attached hydrogens (tertiary/aromatic N) is 2. The van der Waals surface area contributed by atoms with E-state index in [1.165, 1.54) is 11.3 Å². The van der Waals surface area contributed by atoms with Gasteiger partial charge in [0.15, 0.2) is 0 Å². The topological polar surface area (TPSA) is 69.7 Å². The molecule has 172 valence electrons. The summed E-state index contributed by atoms with van der Waals surface area (Å²) in [4.78, 5) is 41.8. The summed E-state index contributed by atoms with van der Waals surface area (Å²) >= 11 is 0. The van der Waals surface area contributed by atoms with Crippen LogP contribution in [-0.4, -0.2) is 29.9 Å². The molecule has 2 aromatic rings. The number of hydrogen-bond donors (Lipinski definition) is 1. The van der Waals surface area contributed by atoms with Gasteiger partial charge in [0.2, 0.25) is 0 Å². The van der Waals surface area contributed by atoms with Gasteiger partial charge in [-0.25, -0.2) is 9.69 Å². The van der Waals surface area contributed by atoms with Gasteiger partial charge in [0.05, 0.1) is 5.69 Å². The predicted octanol–water partition coefficient (Wildman–Crippen LogP) is 5.08. The number of carbonyl (C=O) groups excluding carboxylic acids is 3. The Hall–Kier alpha value is -3.41. The van der Waals surface area contributed by atoms with Crippen LogP contribution in [0.25, 0.3) is 6.08 Å². The highest BCUT2D eigenvalue weighted by atomic mass is 16.2. The number of fused-ring (bicyclic) bond motifs is 1. The molecular formula is C27H31N3O3. The number of anilines is 2. The third-order valence-electron chi connectivity index (χ3n) is 6.78. The summed E-state index contributed by atoms with van der Waals surface area (Å²) in [7, 11) is 0. The quantitative estimate of drug-likeness (QED) is 0.528. The van der Waals surface area contributed by atoms with E-state index in [1.54, 1.807) is 18.2 Å². The van der Waals surface area contributed by atoms with Gasteiger partial charge in [-0.15, -0.1) is 0 Å². The largest absolute Gasteiger partial charge is 0.366 e. The molecule has 1 atom stereocenters. The summed E-state index contributed by atoms with van der Waals surface area (Å²) in [6, 6.07) is 10.6. The second-order valence-electron chi connectivity index (χ2n) is 9.72. The maximum Gasteiger partial charge on any atom is 0.335 e. The first-order valence-corrected chi connectivity index (χ1v) is 11.4. The van der Waals surface area contributed by atoms with Crippen molar-refractivity contribution in [2.24, 2.45) is 0 Å². The summed E-state index contributed by atoms with van der Waals surface area (Å²) in [6.07, 6.45) is 2.63. The molecule has 0 aliphatic carbocycles. The van der Waals surface area contributed by atoms with Crippen molar-refractivity contribution in [3.8, 4) is 0 Å². The van der Waals surface area contributed by atoms with Gasteiger partial charge in [-0.3, -0.25) is 14.9 Å². The number of benzene rings is 2. The highest BCUT2D eigenvalue weighted by Crippen LogP contribution is 2.44. The van der Waals surface area contributed by atoms with Crippen molar-refractivity contribution < 1.29 is 14.4 Å². The summed E-state index contributed by atoms with van der Waals surface area (Å²) in [5, 5.41) is 2.31. The van der Waals surface area contributed by atoms with Gasteiger partial charge >= 0.3 is 6.03 Å². The molecule has 0 bridgehead atoms. The van der Waals surface area contributed by atoms with Crippen molar-refractivity contribution in [2.45, 2.75) is 59.4 Å². The fourth-order valence-electron chi connectivity index (χ4n) is 5.15. The van der Waals surface area contributed by atoms with Crippen LogP contribution < -0.4 is 15.1 Å². The Kier molecular flexibility index (Phi) is 5.64. The molecule has 0 unspecified atom stereocenters. The molecule has 2 aliphatic rings. The number of carbonyl (C=O) groups is 3. The second-order valence-corrected chi connectivity index (χ2v) is 9.72. The van der Waals surface area contributed by atoms with Crippen molar-refractivity contribution in [3.63, 3.8) is 0 Å². The van der Waals surface area contributed by atoms with Crippen molar-refractivity contribution in [3.05, 3.63) is 64.2 Å². The number of barbiturate groups is 1. The highest BCUT2D eigenvalue weighted by molar-refractivity contribution is 6.39. The van der Waals surface area contributed by atoms with E-state index in [-0.39, 0.29) is 11.1 Å². The molecule has 6 heteroatoms. The maximum atomic E-state index is 13.3. The third-order valence-corrected chi connectivity index (χ3v) is 6.78. The van der Waals surface area contributed by atoms with E-state index < -0.39 is 17.8 Å². The van der Waals surface area contributed by atoms with E-state index in [9.17, 15) is 14.4 Å². The zero-order valence-electron chi connectivity index (χ0n) is 20.2. The number of hydrogen-bond acceptors (Lipinski definition) is 4. The molecule has 0 saturated carbocycles. The van der Waals surface area contributed by atoms with Gasteiger partial charge in [0.1, 0.15) is 5.57 Å². The van der Waals surface area contributed by atoms with Crippen LogP contribution in [0.2, 0.25) is 0 Å². The Morgan fingerprint density at radius 1 is 1.09 bits per heavy atom. The van der Waals surface area contributed by atoms with Crippen LogP contribution >= 0.6 is 0 Å². The lowest BCUT2D eigenvalue weighted by molar-refractivity contribution is -0.122. The molecular weight excluding hydrogens is 414 g/mol. The number of rotatable bonds is 3. The number of amides is 4. The summed E-state index contributed by atoms with van der Waals surface area (Å²) in [6.45, 7) is 13.7. The zero-order valence-corrected chi connectivity index (χ0v) is 20.2. The first kappa shape index (κ1) is 22.8. The lowest BCUT2D eigenvalue weighted by atomic mass is 9.79. The molecule has 33 heavy (non-hydrogen) atoms. The van der Waals surface area contributed by atoms with E-state index >= 15 is 0 Å². The van der Waals surface area contributed by atoms with Crippen LogP contribution in [0.3, 0.4) is 0 Å². The monoisotopic (exact) mass is 445 g/mol. The molecule has 4 rings (SSSR count). The fourth-order valence-corrected chi connectivity index (χ4v) is 5.15. The molecule has 2 heterocycles. The molecule has 1 fully saturated rings. The zero-order chi connectivity index (χ0) is 24.1. The average Bonchev–Trinajstić information content (AvgIpc) is 2.72. The number of urea groups is 1. The van der Waals surface area contributed by atoms with E-state index in [0.717, 1.165) is 34.6 Å². The van der Waals surface area contributed by atoms with Crippen LogP contribution in [0.5, 0.6) is 0 Å². The van der Waals surface area contributed by atoms with E-state index in [0.29, 0.717) is 11.6 Å². The van der Waals surface area contributed by atoms with Crippen LogP contribution in [0, 0.1) is 13.8 Å². The predicted molar refractivity (Wildman–Crippen MR) is 131 cm³/mol. The minimum atomic E-state index is -0.734. The Labute approximate surface area is 195 Å². The van der Waals surface area contributed by atoms with E-state index in [2.05, 4.69) is 50.0 Å². The summed E-state index contributed by atoms with van der Waals surface area (Å²) in [5.41, 5.74) is 5.66. The van der Waals surface area contributed by atoms with Crippen molar-refractivity contribution >= 4 is 35.3 Å². The van der Waals surface area contributed by atoms with Gasteiger partial charge in [-0.05, 0) is 94.0 Å². The lowest BCUT2D eigenvalue weighted by Gasteiger charge is -2.47. The first-order chi connectivity index (χ1) is 15.5. The Morgan fingerprint density at radius 2 is 1.76 bits per heavy atom. The van der Waals surface area contributed by atoms with Crippen molar-refractivity contribution in [2.75, 3.05) is 16.3 Å². The molecule has 1 N–H and O–H groups in total.